The van der Waals surface area contributed by atoms with E-state index in [1.54, 1.807) is 9.80 Å². The minimum atomic E-state index is -4.83. The molecule has 320 valence electrons. The van der Waals surface area contributed by atoms with Crippen molar-refractivity contribution in [2.45, 2.75) is 19.0 Å². The maximum Gasteiger partial charge on any atom is 0.435 e. The second-order valence-corrected chi connectivity index (χ2v) is 16.2. The molecule has 6 heterocycles. The third kappa shape index (κ3) is 9.56. The van der Waals surface area contributed by atoms with Crippen molar-refractivity contribution >= 4 is 46.7 Å². The number of aliphatic carboxylic acids is 1. The summed E-state index contributed by atoms with van der Waals surface area (Å²) in [5.41, 5.74) is 4.85. The van der Waals surface area contributed by atoms with Crippen molar-refractivity contribution < 1.29 is 41.9 Å². The van der Waals surface area contributed by atoms with Crippen LogP contribution in [0.15, 0.2) is 48.9 Å². The molecule has 17 nitrogen and oxygen atoms in total. The molecule has 0 aliphatic carbocycles. The third-order valence-electron chi connectivity index (χ3n) is 11.3. The van der Waals surface area contributed by atoms with Gasteiger partial charge in [-0.1, -0.05) is 11.6 Å². The molecule has 60 heavy (non-hydrogen) atoms. The molecule has 0 bridgehead atoms. The molecule has 7 rings (SSSR count). The number of carboxylic acid groups (broad SMARTS) is 1. The van der Waals surface area contributed by atoms with Crippen LogP contribution in [0.3, 0.4) is 0 Å². The Morgan fingerprint density at radius 3 is 2.20 bits per heavy atom. The van der Waals surface area contributed by atoms with Crippen molar-refractivity contribution in [3.8, 4) is 17.1 Å². The molecule has 21 heteroatoms. The number of hydrogen-bond acceptors (Lipinski definition) is 10. The Kier molecular flexibility index (Phi) is 12.5. The van der Waals surface area contributed by atoms with Gasteiger partial charge in [-0.05, 0) is 30.3 Å². The lowest BCUT2D eigenvalue weighted by Crippen LogP contribution is -2.63. The van der Waals surface area contributed by atoms with Crippen molar-refractivity contribution in [1.82, 2.24) is 44.7 Å². The fraction of sp³-hybridized carbons (Fsp3) is 0.462. The van der Waals surface area contributed by atoms with Gasteiger partial charge in [-0.2, -0.15) is 18.3 Å². The van der Waals surface area contributed by atoms with Crippen molar-refractivity contribution in [2.75, 3.05) is 89.6 Å². The Morgan fingerprint density at radius 2 is 1.63 bits per heavy atom. The van der Waals surface area contributed by atoms with E-state index >= 15 is 0 Å². The standard InChI is InChI=1S/C39H46ClF3N12O5/c1-51-31(29-20-54(50-35(29)39(41,42)43)32-7-4-26(44)18-47-32)19-48-36(51)37(59)49-27-5-6-28(30(40)13-27)38(60)53-10-8-52(9-11-53)33(56)3-2-12-55(23-34(57)58,21-24-14-45-15-24)22-25-16-46-17-25/h4-7,13,18-20,24-25,45-46H,2-3,8-12,14-17,21-23,44H2,1H3,(H-,49,57,58,59,60)/p+1. The molecular weight excluding hydrogens is 809 g/mol. The van der Waals surface area contributed by atoms with Gasteiger partial charge >= 0.3 is 12.1 Å². The molecule has 0 radical (unpaired) electrons. The van der Waals surface area contributed by atoms with E-state index in [2.05, 4.69) is 31.0 Å². The Balaban J connectivity index is 0.936. The predicted molar refractivity (Wildman–Crippen MR) is 214 cm³/mol. The quantitative estimate of drug-likeness (QED) is 0.110. The van der Waals surface area contributed by atoms with Gasteiger partial charge in [-0.3, -0.25) is 14.4 Å². The predicted octanol–water partition coefficient (Wildman–Crippen LogP) is 2.58. The number of carbonyl (C=O) groups excluding carboxylic acids is 3. The Labute approximate surface area is 348 Å². The highest BCUT2D eigenvalue weighted by molar-refractivity contribution is 6.34. The number of carbonyl (C=O) groups is 4. The number of amides is 3. The van der Waals surface area contributed by atoms with Crippen LogP contribution in [0, 0.1) is 11.8 Å². The summed E-state index contributed by atoms with van der Waals surface area (Å²) in [6.45, 7) is 6.97. The molecule has 0 atom stereocenters. The number of benzene rings is 1. The van der Waals surface area contributed by atoms with E-state index in [0.29, 0.717) is 54.5 Å². The summed E-state index contributed by atoms with van der Waals surface area (Å²) in [5, 5.41) is 22.8. The van der Waals surface area contributed by atoms with Gasteiger partial charge in [0.1, 0.15) is 0 Å². The number of nitrogens with zero attached hydrogens (tertiary/aromatic N) is 8. The van der Waals surface area contributed by atoms with Gasteiger partial charge < -0.3 is 45.6 Å². The Bertz CT molecular complexity index is 2220. The van der Waals surface area contributed by atoms with E-state index in [9.17, 15) is 37.5 Å². The van der Waals surface area contributed by atoms with Crippen LogP contribution < -0.4 is 21.7 Å². The van der Waals surface area contributed by atoms with Crippen molar-refractivity contribution in [3.05, 3.63) is 71.0 Å². The van der Waals surface area contributed by atoms with Gasteiger partial charge in [0.25, 0.3) is 11.8 Å². The van der Waals surface area contributed by atoms with E-state index < -0.39 is 23.7 Å². The number of halogens is 4. The molecule has 4 aromatic rings. The van der Waals surface area contributed by atoms with Gasteiger partial charge in [0, 0.05) is 96.0 Å². The number of hydrogen-bond donors (Lipinski definition) is 5. The number of imidazole rings is 1. The summed E-state index contributed by atoms with van der Waals surface area (Å²) < 4.78 is 44.9. The fourth-order valence-electron chi connectivity index (χ4n) is 8.10. The van der Waals surface area contributed by atoms with E-state index in [1.165, 1.54) is 48.1 Å². The van der Waals surface area contributed by atoms with Gasteiger partial charge in [-0.25, -0.2) is 19.4 Å². The number of quaternary nitrogens is 1. The second-order valence-electron chi connectivity index (χ2n) is 15.8. The summed E-state index contributed by atoms with van der Waals surface area (Å²) in [5.74, 6) is -1.19. The summed E-state index contributed by atoms with van der Waals surface area (Å²) >= 11 is 6.55. The van der Waals surface area contributed by atoms with Gasteiger partial charge in [0.2, 0.25) is 5.91 Å². The zero-order valence-corrected chi connectivity index (χ0v) is 33.7. The largest absolute Gasteiger partial charge is 0.477 e. The number of carboxylic acids is 1. The number of nitrogen functional groups attached to an aromatic ring is 1. The number of alkyl halides is 3. The first-order valence-corrected chi connectivity index (χ1v) is 20.0. The summed E-state index contributed by atoms with van der Waals surface area (Å²) in [7, 11) is 1.40. The number of aromatic nitrogens is 5. The fourth-order valence-corrected chi connectivity index (χ4v) is 8.36. The first kappa shape index (κ1) is 42.6. The van der Waals surface area contributed by atoms with E-state index in [4.69, 9.17) is 17.3 Å². The van der Waals surface area contributed by atoms with E-state index in [0.717, 1.165) is 56.3 Å². The van der Waals surface area contributed by atoms with Crippen LogP contribution in [0.25, 0.3) is 17.1 Å². The maximum atomic E-state index is 14.1. The third-order valence-corrected chi connectivity index (χ3v) is 11.7. The van der Waals surface area contributed by atoms with Crippen molar-refractivity contribution in [3.63, 3.8) is 0 Å². The molecule has 0 spiro atoms. The SMILES string of the molecule is Cn1c(-c2cn(-c3ccc(N)cn3)nc2C(F)(F)F)cnc1C(=O)Nc1ccc(C(=O)N2CCN(C(=O)CCC[N+](CC(=O)O)(CC3CNC3)CC3CNC3)CC2)c(Cl)c1. The molecule has 3 aromatic heterocycles. The summed E-state index contributed by atoms with van der Waals surface area (Å²) in [6.07, 6.45) is -0.396. The molecule has 6 N–H and O–H groups in total. The number of nitrogens with two attached hydrogens (primary N) is 1. The average Bonchev–Trinajstić information content (AvgIpc) is 3.79. The highest BCUT2D eigenvalue weighted by atomic mass is 35.5. The number of piperazine rings is 1. The first-order valence-electron chi connectivity index (χ1n) is 19.7. The van der Waals surface area contributed by atoms with Crippen LogP contribution >= 0.6 is 11.6 Å². The molecule has 0 unspecified atom stereocenters. The van der Waals surface area contributed by atoms with E-state index in [1.807, 2.05) is 0 Å². The molecule has 0 saturated carbocycles. The number of nitrogens with one attached hydrogen (secondary N) is 3. The zero-order chi connectivity index (χ0) is 42.8. The molecule has 3 aliphatic rings. The molecule has 1 aromatic carbocycles. The number of rotatable bonds is 15. The van der Waals surface area contributed by atoms with Crippen LogP contribution in [-0.2, 0) is 22.8 Å². The van der Waals surface area contributed by atoms with Crippen molar-refractivity contribution in [1.29, 1.82) is 0 Å². The Hall–Kier alpha value is -5.57. The molecule has 3 saturated heterocycles. The van der Waals surface area contributed by atoms with Crippen LogP contribution in [-0.4, -0.2) is 146 Å². The normalized spacial score (nSPS) is 16.4. The number of pyridine rings is 1. The average molecular weight is 856 g/mol. The lowest BCUT2D eigenvalue weighted by Gasteiger charge is -2.46. The highest BCUT2D eigenvalue weighted by Crippen LogP contribution is 2.37. The lowest BCUT2D eigenvalue weighted by atomic mass is 9.96. The molecule has 3 aliphatic heterocycles. The summed E-state index contributed by atoms with van der Waals surface area (Å²) in [4.78, 5) is 63.6. The van der Waals surface area contributed by atoms with Crippen molar-refractivity contribution in [2.24, 2.45) is 18.9 Å². The minimum Gasteiger partial charge on any atom is -0.477 e. The van der Waals surface area contributed by atoms with Crippen LogP contribution in [0.2, 0.25) is 5.02 Å². The zero-order valence-electron chi connectivity index (χ0n) is 32.9. The topological polar surface area (TPSA) is 206 Å². The maximum absolute atomic E-state index is 14.1. The molecule has 3 amide bonds. The van der Waals surface area contributed by atoms with Crippen LogP contribution in [0.5, 0.6) is 0 Å². The second kappa shape index (κ2) is 17.6. The smallest absolute Gasteiger partial charge is 0.435 e. The van der Waals surface area contributed by atoms with Gasteiger partial charge in [0.05, 0.1) is 59.6 Å². The van der Waals surface area contributed by atoms with Gasteiger partial charge in [-0.15, -0.1) is 0 Å². The number of anilines is 2. The first-order chi connectivity index (χ1) is 28.6. The van der Waals surface area contributed by atoms with E-state index in [-0.39, 0.29) is 70.6 Å². The molecule has 3 fully saturated rings. The lowest BCUT2D eigenvalue weighted by molar-refractivity contribution is -0.928. The van der Waals surface area contributed by atoms with Crippen LogP contribution in [0.1, 0.15) is 39.5 Å². The van der Waals surface area contributed by atoms with Crippen LogP contribution in [0.4, 0.5) is 24.5 Å². The summed E-state index contributed by atoms with van der Waals surface area (Å²) in [6, 6.07) is 7.25. The molecular formula is C39H47ClF3N12O5+. The van der Waals surface area contributed by atoms with Gasteiger partial charge in [0.15, 0.2) is 23.9 Å². The highest BCUT2D eigenvalue weighted by Gasteiger charge is 2.40. The minimum absolute atomic E-state index is 0.0266. The monoisotopic (exact) mass is 855 g/mol. The Morgan fingerprint density at radius 1 is 0.967 bits per heavy atom.